The van der Waals surface area contributed by atoms with Crippen molar-refractivity contribution in [3.63, 3.8) is 0 Å². The highest BCUT2D eigenvalue weighted by Gasteiger charge is 2.18. The van der Waals surface area contributed by atoms with Crippen LogP contribution in [-0.4, -0.2) is 16.2 Å². The van der Waals surface area contributed by atoms with Gasteiger partial charge in [-0.1, -0.05) is 31.1 Å². The van der Waals surface area contributed by atoms with Gasteiger partial charge in [-0.05, 0) is 31.5 Å². The van der Waals surface area contributed by atoms with Gasteiger partial charge in [0.05, 0.1) is 12.1 Å². The first-order valence-electron chi connectivity index (χ1n) is 6.83. The second-order valence-corrected chi connectivity index (χ2v) is 5.36. The second-order valence-electron chi connectivity index (χ2n) is 5.36. The third kappa shape index (κ3) is 3.36. The minimum atomic E-state index is -0.415. The molecule has 5 nitrogen and oxygen atoms in total. The Morgan fingerprint density at radius 3 is 2.55 bits per heavy atom. The number of aromatic nitrogens is 2. The molecule has 108 valence electrons. The van der Waals surface area contributed by atoms with Gasteiger partial charge < -0.3 is 15.0 Å². The summed E-state index contributed by atoms with van der Waals surface area (Å²) in [4.78, 5) is 4.33. The summed E-state index contributed by atoms with van der Waals surface area (Å²) in [7, 11) is 0. The highest BCUT2D eigenvalue weighted by Crippen LogP contribution is 2.23. The number of hydrogen-bond acceptors (Lipinski definition) is 5. The molecule has 2 rings (SSSR count). The fraction of sp³-hybridized carbons (Fsp3) is 0.467. The van der Waals surface area contributed by atoms with Crippen LogP contribution < -0.4 is 10.5 Å². The maximum absolute atomic E-state index is 6.19. The Kier molecular flexibility index (Phi) is 4.39. The van der Waals surface area contributed by atoms with E-state index in [0.29, 0.717) is 11.7 Å². The monoisotopic (exact) mass is 275 g/mol. The number of rotatable bonds is 5. The van der Waals surface area contributed by atoms with Gasteiger partial charge in [-0.2, -0.15) is 4.98 Å². The predicted molar refractivity (Wildman–Crippen MR) is 76.6 cm³/mol. The number of ether oxygens (including phenoxy) is 1. The molecule has 1 aromatic carbocycles. The number of benzene rings is 1. The van der Waals surface area contributed by atoms with E-state index in [9.17, 15) is 0 Å². The molecule has 1 aromatic heterocycles. The van der Waals surface area contributed by atoms with Gasteiger partial charge in [0.1, 0.15) is 5.75 Å². The van der Waals surface area contributed by atoms with E-state index in [-0.39, 0.29) is 12.0 Å². The van der Waals surface area contributed by atoms with Crippen LogP contribution in [0.15, 0.2) is 28.8 Å². The molecule has 2 aromatic rings. The Hall–Kier alpha value is -1.88. The molecule has 20 heavy (non-hydrogen) atoms. The summed E-state index contributed by atoms with van der Waals surface area (Å²) in [6.45, 7) is 7.97. The highest BCUT2D eigenvalue weighted by molar-refractivity contribution is 5.33. The number of nitrogens with two attached hydrogens (primary N) is 1. The van der Waals surface area contributed by atoms with E-state index in [1.807, 2.05) is 52.0 Å². The average Bonchev–Trinajstić information content (AvgIpc) is 2.87. The van der Waals surface area contributed by atoms with Gasteiger partial charge in [-0.15, -0.1) is 0 Å². The standard InChI is InChI=1S/C15H21N3O2/c1-9(2)15-17-14(18-20-15)13(16)11-6-5-7-12(8-11)19-10(3)4/h5-10,13H,16H2,1-4H3. The molecule has 1 unspecified atom stereocenters. The van der Waals surface area contributed by atoms with Crippen LogP contribution in [0.3, 0.4) is 0 Å². The SMILES string of the molecule is CC(C)Oc1cccc(C(N)c2noc(C(C)C)n2)c1. The van der Waals surface area contributed by atoms with Crippen LogP contribution in [0.4, 0.5) is 0 Å². The van der Waals surface area contributed by atoms with Gasteiger partial charge in [0.25, 0.3) is 0 Å². The van der Waals surface area contributed by atoms with Gasteiger partial charge in [-0.25, -0.2) is 0 Å². The van der Waals surface area contributed by atoms with Crippen molar-refractivity contribution in [1.29, 1.82) is 0 Å². The molecule has 1 atom stereocenters. The minimum Gasteiger partial charge on any atom is -0.491 e. The fourth-order valence-electron chi connectivity index (χ4n) is 1.81. The van der Waals surface area contributed by atoms with Crippen molar-refractivity contribution in [2.24, 2.45) is 5.73 Å². The molecule has 0 aliphatic heterocycles. The van der Waals surface area contributed by atoms with Crippen LogP contribution in [0.5, 0.6) is 5.75 Å². The van der Waals surface area contributed by atoms with E-state index in [1.165, 1.54) is 0 Å². The molecule has 0 fully saturated rings. The van der Waals surface area contributed by atoms with Crippen LogP contribution in [-0.2, 0) is 0 Å². The largest absolute Gasteiger partial charge is 0.491 e. The summed E-state index contributed by atoms with van der Waals surface area (Å²) in [5.74, 6) is 2.08. The van der Waals surface area contributed by atoms with Gasteiger partial charge in [0, 0.05) is 5.92 Å². The zero-order valence-corrected chi connectivity index (χ0v) is 12.3. The van der Waals surface area contributed by atoms with Crippen molar-refractivity contribution in [2.45, 2.75) is 45.8 Å². The molecule has 0 saturated carbocycles. The lowest BCUT2D eigenvalue weighted by Gasteiger charge is -2.12. The van der Waals surface area contributed by atoms with E-state index >= 15 is 0 Å². The van der Waals surface area contributed by atoms with Crippen molar-refractivity contribution >= 4 is 0 Å². The minimum absolute atomic E-state index is 0.124. The number of nitrogens with zero attached hydrogens (tertiary/aromatic N) is 2. The van der Waals surface area contributed by atoms with Crippen LogP contribution in [0.2, 0.25) is 0 Å². The first-order valence-corrected chi connectivity index (χ1v) is 6.83. The summed E-state index contributed by atoms with van der Waals surface area (Å²) in [6.07, 6.45) is 0.124. The van der Waals surface area contributed by atoms with Gasteiger partial charge in [0.15, 0.2) is 5.82 Å². The van der Waals surface area contributed by atoms with Crippen molar-refractivity contribution in [3.8, 4) is 5.75 Å². The lowest BCUT2D eigenvalue weighted by Crippen LogP contribution is -2.14. The summed E-state index contributed by atoms with van der Waals surface area (Å²) in [5, 5.41) is 3.95. The molecule has 0 aliphatic carbocycles. The Bertz CT molecular complexity index is 564. The van der Waals surface area contributed by atoms with E-state index in [1.54, 1.807) is 0 Å². The van der Waals surface area contributed by atoms with Gasteiger partial charge >= 0.3 is 0 Å². The molecule has 5 heteroatoms. The van der Waals surface area contributed by atoms with Crippen LogP contribution in [0.1, 0.15) is 56.9 Å². The van der Waals surface area contributed by atoms with Crippen molar-refractivity contribution in [3.05, 3.63) is 41.5 Å². The quantitative estimate of drug-likeness (QED) is 0.907. The molecule has 0 aliphatic rings. The number of hydrogen-bond donors (Lipinski definition) is 1. The molecule has 0 radical (unpaired) electrons. The molecule has 0 saturated heterocycles. The highest BCUT2D eigenvalue weighted by atomic mass is 16.5. The van der Waals surface area contributed by atoms with Crippen molar-refractivity contribution in [1.82, 2.24) is 10.1 Å². The van der Waals surface area contributed by atoms with Crippen LogP contribution in [0.25, 0.3) is 0 Å². The summed E-state index contributed by atoms with van der Waals surface area (Å²) < 4.78 is 10.9. The molecule has 0 amide bonds. The van der Waals surface area contributed by atoms with Gasteiger partial charge in [0.2, 0.25) is 5.89 Å². The Balaban J connectivity index is 2.21. The second kappa shape index (κ2) is 6.05. The average molecular weight is 275 g/mol. The first kappa shape index (κ1) is 14.5. The normalized spacial score (nSPS) is 12.9. The maximum Gasteiger partial charge on any atom is 0.229 e. The first-order chi connectivity index (χ1) is 9.47. The molecule has 0 bridgehead atoms. The Morgan fingerprint density at radius 1 is 1.20 bits per heavy atom. The lowest BCUT2D eigenvalue weighted by molar-refractivity contribution is 0.242. The Labute approximate surface area is 119 Å². The topological polar surface area (TPSA) is 74.2 Å². The van der Waals surface area contributed by atoms with E-state index in [2.05, 4.69) is 10.1 Å². The van der Waals surface area contributed by atoms with Crippen molar-refractivity contribution in [2.75, 3.05) is 0 Å². The Morgan fingerprint density at radius 2 is 1.95 bits per heavy atom. The fourth-order valence-corrected chi connectivity index (χ4v) is 1.81. The predicted octanol–water partition coefficient (Wildman–Crippen LogP) is 3.03. The molecule has 2 N–H and O–H groups in total. The molecule has 1 heterocycles. The molecular formula is C15H21N3O2. The molecule has 0 spiro atoms. The smallest absolute Gasteiger partial charge is 0.229 e. The third-order valence-corrected chi connectivity index (χ3v) is 2.82. The third-order valence-electron chi connectivity index (χ3n) is 2.82. The van der Waals surface area contributed by atoms with E-state index in [0.717, 1.165) is 11.3 Å². The summed E-state index contributed by atoms with van der Waals surface area (Å²) >= 11 is 0. The lowest BCUT2D eigenvalue weighted by atomic mass is 10.1. The van der Waals surface area contributed by atoms with Crippen LogP contribution >= 0.6 is 0 Å². The summed E-state index contributed by atoms with van der Waals surface area (Å²) in [5.41, 5.74) is 7.09. The zero-order valence-electron chi connectivity index (χ0n) is 12.3. The van der Waals surface area contributed by atoms with Gasteiger partial charge in [-0.3, -0.25) is 0 Å². The van der Waals surface area contributed by atoms with Crippen LogP contribution in [0, 0.1) is 0 Å². The maximum atomic E-state index is 6.19. The van der Waals surface area contributed by atoms with Crippen molar-refractivity contribution < 1.29 is 9.26 Å². The van der Waals surface area contributed by atoms with E-state index in [4.69, 9.17) is 15.0 Å². The van der Waals surface area contributed by atoms with E-state index < -0.39 is 6.04 Å². The zero-order chi connectivity index (χ0) is 14.7. The summed E-state index contributed by atoms with van der Waals surface area (Å²) in [6, 6.07) is 7.25. The molecular weight excluding hydrogens is 254 g/mol.